The number of rotatable bonds is 5. The number of hydrogen-bond acceptors (Lipinski definition) is 7. The van der Waals surface area contributed by atoms with Crippen molar-refractivity contribution in [2.24, 2.45) is 0 Å². The fraction of sp³-hybridized carbons (Fsp3) is 0.0476. The first kappa shape index (κ1) is 21.1. The number of ether oxygens (including phenoxy) is 1. The van der Waals surface area contributed by atoms with Crippen LogP contribution in [0.15, 0.2) is 71.7 Å². The second kappa shape index (κ2) is 9.27. The van der Waals surface area contributed by atoms with Crippen molar-refractivity contribution < 1.29 is 19.4 Å². The molecule has 1 aromatic heterocycles. The van der Waals surface area contributed by atoms with E-state index < -0.39 is 35.8 Å². The maximum absolute atomic E-state index is 12.8. The Morgan fingerprint density at radius 3 is 2.26 bits per heavy atom. The highest BCUT2D eigenvalue weighted by atomic mass is 16.5. The molecule has 4 N–H and O–H groups in total. The molecule has 0 aliphatic rings. The lowest BCUT2D eigenvalue weighted by Crippen LogP contribution is -2.33. The molecule has 2 aromatic carbocycles. The number of carbonyl (C=O) groups excluding carboxylic acids is 1. The molecule has 3 rings (SSSR count). The molecule has 1 heterocycles. The molecule has 10 heteroatoms. The number of carboxylic acids is 1. The molecule has 31 heavy (non-hydrogen) atoms. The van der Waals surface area contributed by atoms with Crippen molar-refractivity contribution in [1.82, 2.24) is 9.55 Å². The summed E-state index contributed by atoms with van der Waals surface area (Å²) < 4.78 is 5.84. The number of aromatic nitrogens is 2. The van der Waals surface area contributed by atoms with Gasteiger partial charge in [-0.05, 0) is 12.1 Å². The van der Waals surface area contributed by atoms with Crippen LogP contribution in [-0.4, -0.2) is 38.3 Å². The SMILES string of the molecule is N=C(OC(=N)c1ccccc1)C(=O)Nc1cnc(-c2ccccc2)n(CC(=O)O)c1=O. The lowest BCUT2D eigenvalue weighted by molar-refractivity contribution is -0.137. The molecule has 0 saturated heterocycles. The average Bonchev–Trinajstić information content (AvgIpc) is 2.77. The van der Waals surface area contributed by atoms with E-state index in [2.05, 4.69) is 10.3 Å². The number of anilines is 1. The van der Waals surface area contributed by atoms with Crippen LogP contribution in [0.25, 0.3) is 11.4 Å². The van der Waals surface area contributed by atoms with E-state index in [0.717, 1.165) is 10.8 Å². The Kier molecular flexibility index (Phi) is 6.31. The summed E-state index contributed by atoms with van der Waals surface area (Å²) >= 11 is 0. The summed E-state index contributed by atoms with van der Waals surface area (Å²) in [5, 5.41) is 26.9. The van der Waals surface area contributed by atoms with Crippen molar-refractivity contribution in [2.45, 2.75) is 6.54 Å². The Bertz CT molecular complexity index is 1210. The smallest absolute Gasteiger partial charge is 0.323 e. The van der Waals surface area contributed by atoms with E-state index in [0.29, 0.717) is 11.1 Å². The standard InChI is InChI=1S/C21H17N5O5/c22-17(13-7-3-1-4-8-13)31-18(23)20(29)25-15-11-24-19(14-9-5-2-6-10-14)26(21(15)30)12-16(27)28/h1-11,22-23H,12H2,(H,25,29)(H,27,28). The van der Waals surface area contributed by atoms with E-state index in [1.807, 2.05) is 0 Å². The van der Waals surface area contributed by atoms with Gasteiger partial charge in [0.25, 0.3) is 11.5 Å². The van der Waals surface area contributed by atoms with Crippen LogP contribution in [0.2, 0.25) is 0 Å². The summed E-state index contributed by atoms with van der Waals surface area (Å²) in [5.74, 6) is -3.57. The molecule has 156 valence electrons. The van der Waals surface area contributed by atoms with Crippen molar-refractivity contribution in [1.29, 1.82) is 10.8 Å². The molecular formula is C21H17N5O5. The Balaban J connectivity index is 1.83. The van der Waals surface area contributed by atoms with Crippen LogP contribution < -0.4 is 10.9 Å². The van der Waals surface area contributed by atoms with Crippen LogP contribution in [0, 0.1) is 10.8 Å². The first-order chi connectivity index (χ1) is 14.9. The third kappa shape index (κ3) is 5.07. The Morgan fingerprint density at radius 1 is 1.03 bits per heavy atom. The third-order valence-electron chi connectivity index (χ3n) is 4.07. The van der Waals surface area contributed by atoms with E-state index in [-0.39, 0.29) is 11.5 Å². The maximum atomic E-state index is 12.8. The molecule has 0 unspecified atom stereocenters. The van der Waals surface area contributed by atoms with Gasteiger partial charge in [-0.15, -0.1) is 0 Å². The first-order valence-electron chi connectivity index (χ1n) is 8.95. The Morgan fingerprint density at radius 2 is 1.65 bits per heavy atom. The number of carbonyl (C=O) groups is 2. The van der Waals surface area contributed by atoms with E-state index in [1.54, 1.807) is 60.7 Å². The fourth-order valence-corrected chi connectivity index (χ4v) is 2.65. The molecule has 0 saturated carbocycles. The van der Waals surface area contributed by atoms with Crippen LogP contribution in [-0.2, 0) is 20.9 Å². The van der Waals surface area contributed by atoms with Crippen molar-refractivity contribution in [3.8, 4) is 11.4 Å². The predicted molar refractivity (Wildman–Crippen MR) is 112 cm³/mol. The van der Waals surface area contributed by atoms with Gasteiger partial charge in [-0.25, -0.2) is 4.98 Å². The summed E-state index contributed by atoms with van der Waals surface area (Å²) in [5.41, 5.74) is -0.259. The predicted octanol–water partition coefficient (Wildman–Crippen LogP) is 1.95. The van der Waals surface area contributed by atoms with Crippen molar-refractivity contribution >= 4 is 29.4 Å². The van der Waals surface area contributed by atoms with Gasteiger partial charge in [-0.2, -0.15) is 0 Å². The van der Waals surface area contributed by atoms with Crippen molar-refractivity contribution in [3.05, 3.63) is 82.8 Å². The molecule has 0 radical (unpaired) electrons. The first-order valence-corrected chi connectivity index (χ1v) is 8.95. The number of carboxylic acid groups (broad SMARTS) is 1. The van der Waals surface area contributed by atoms with Gasteiger partial charge in [0.2, 0.25) is 5.90 Å². The normalized spacial score (nSPS) is 10.2. The minimum Gasteiger partial charge on any atom is -0.480 e. The number of nitrogens with zero attached hydrogens (tertiary/aromatic N) is 2. The molecule has 0 bridgehead atoms. The van der Waals surface area contributed by atoms with Crippen LogP contribution >= 0.6 is 0 Å². The van der Waals surface area contributed by atoms with Gasteiger partial charge in [-0.3, -0.25) is 29.8 Å². The van der Waals surface area contributed by atoms with Gasteiger partial charge in [-0.1, -0.05) is 48.5 Å². The largest absolute Gasteiger partial charge is 0.480 e. The fourth-order valence-electron chi connectivity index (χ4n) is 2.65. The van der Waals surface area contributed by atoms with Crippen LogP contribution in [0.5, 0.6) is 0 Å². The topological polar surface area (TPSA) is 158 Å². The number of amides is 1. The average molecular weight is 419 g/mol. The van der Waals surface area contributed by atoms with E-state index in [1.165, 1.54) is 0 Å². The highest BCUT2D eigenvalue weighted by molar-refractivity contribution is 6.40. The molecule has 10 nitrogen and oxygen atoms in total. The summed E-state index contributed by atoms with van der Waals surface area (Å²) in [6.07, 6.45) is 1.08. The number of aliphatic carboxylic acids is 1. The highest BCUT2D eigenvalue weighted by Gasteiger charge is 2.19. The number of nitrogens with one attached hydrogen (secondary N) is 3. The van der Waals surface area contributed by atoms with Crippen molar-refractivity contribution in [2.75, 3.05) is 5.32 Å². The van der Waals surface area contributed by atoms with Gasteiger partial charge >= 0.3 is 11.9 Å². The van der Waals surface area contributed by atoms with Crippen LogP contribution in [0.4, 0.5) is 5.69 Å². The number of hydrogen-bond donors (Lipinski definition) is 4. The molecular weight excluding hydrogens is 402 g/mol. The monoisotopic (exact) mass is 419 g/mol. The molecule has 0 aliphatic heterocycles. The minimum atomic E-state index is -1.27. The summed E-state index contributed by atoms with van der Waals surface area (Å²) in [6, 6.07) is 16.7. The lowest BCUT2D eigenvalue weighted by Gasteiger charge is -2.13. The molecule has 0 atom stereocenters. The molecule has 1 amide bonds. The summed E-state index contributed by atoms with van der Waals surface area (Å²) in [7, 11) is 0. The minimum absolute atomic E-state index is 0.114. The quantitative estimate of drug-likeness (QED) is 0.365. The van der Waals surface area contributed by atoms with Gasteiger partial charge in [0.1, 0.15) is 18.1 Å². The lowest BCUT2D eigenvalue weighted by atomic mass is 10.2. The van der Waals surface area contributed by atoms with Crippen molar-refractivity contribution in [3.63, 3.8) is 0 Å². The van der Waals surface area contributed by atoms with Crippen LogP contribution in [0.3, 0.4) is 0 Å². The zero-order valence-corrected chi connectivity index (χ0v) is 16.0. The van der Waals surface area contributed by atoms with E-state index in [4.69, 9.17) is 15.6 Å². The van der Waals surface area contributed by atoms with Gasteiger partial charge in [0.15, 0.2) is 0 Å². The van der Waals surface area contributed by atoms with Gasteiger partial charge in [0.05, 0.1) is 6.20 Å². The van der Waals surface area contributed by atoms with Crippen LogP contribution in [0.1, 0.15) is 5.56 Å². The summed E-state index contributed by atoms with van der Waals surface area (Å²) in [6.45, 7) is -0.674. The van der Waals surface area contributed by atoms with Gasteiger partial charge < -0.3 is 15.2 Å². The third-order valence-corrected chi connectivity index (χ3v) is 4.07. The maximum Gasteiger partial charge on any atom is 0.323 e. The Hall–Kier alpha value is -4.60. The molecule has 0 spiro atoms. The zero-order valence-electron chi connectivity index (χ0n) is 16.0. The number of benzene rings is 2. The summed E-state index contributed by atoms with van der Waals surface area (Å²) in [4.78, 5) is 40.4. The van der Waals surface area contributed by atoms with E-state index >= 15 is 0 Å². The second-order valence-electron chi connectivity index (χ2n) is 6.23. The van der Waals surface area contributed by atoms with Gasteiger partial charge in [0, 0.05) is 11.1 Å². The molecule has 0 aliphatic carbocycles. The molecule has 0 fully saturated rings. The Labute approximate surface area is 175 Å². The highest BCUT2D eigenvalue weighted by Crippen LogP contribution is 2.16. The molecule has 3 aromatic rings. The van der Waals surface area contributed by atoms with E-state index in [9.17, 15) is 19.5 Å². The zero-order chi connectivity index (χ0) is 22.4. The second-order valence-corrected chi connectivity index (χ2v) is 6.23.